The quantitative estimate of drug-likeness (QED) is 0.687. The Morgan fingerprint density at radius 1 is 1.23 bits per heavy atom. The van der Waals surface area contributed by atoms with Gasteiger partial charge in [0.25, 0.3) is 0 Å². The molecule has 0 aromatic heterocycles. The van der Waals surface area contributed by atoms with Crippen LogP contribution >= 0.6 is 0 Å². The van der Waals surface area contributed by atoms with Crippen molar-refractivity contribution in [1.29, 1.82) is 0 Å². The van der Waals surface area contributed by atoms with E-state index in [1.54, 1.807) is 7.11 Å². The van der Waals surface area contributed by atoms with E-state index >= 15 is 0 Å². The lowest BCUT2D eigenvalue weighted by Crippen LogP contribution is -2.03. The molecule has 1 heteroatoms. The first-order valence-corrected chi connectivity index (χ1v) is 4.95. The summed E-state index contributed by atoms with van der Waals surface area (Å²) in [7, 11) is 1.71. The molecule has 0 aliphatic heterocycles. The molecule has 0 unspecified atom stereocenters. The van der Waals surface area contributed by atoms with Crippen LogP contribution in [0.2, 0.25) is 0 Å². The van der Waals surface area contributed by atoms with Crippen LogP contribution in [-0.4, -0.2) is 7.11 Å². The van der Waals surface area contributed by atoms with E-state index in [1.807, 2.05) is 0 Å². The zero-order chi connectivity index (χ0) is 9.31. The molecular weight excluding hydrogens is 160 g/mol. The minimum atomic E-state index is 0.520. The molecular formula is C12H16O. The van der Waals surface area contributed by atoms with E-state index in [9.17, 15) is 0 Å². The third-order valence-electron chi connectivity index (χ3n) is 3.23. The van der Waals surface area contributed by atoms with Crippen LogP contribution < -0.4 is 4.74 Å². The fourth-order valence-electron chi connectivity index (χ4n) is 1.94. The fourth-order valence-corrected chi connectivity index (χ4v) is 1.94. The molecule has 1 saturated carbocycles. The zero-order valence-corrected chi connectivity index (χ0v) is 8.34. The molecule has 1 nitrogen and oxygen atoms in total. The van der Waals surface area contributed by atoms with Crippen molar-refractivity contribution in [3.8, 4) is 5.75 Å². The SMILES string of the molecule is CCC1(c2ccc(OC)cc2)CC1. The first-order valence-electron chi connectivity index (χ1n) is 4.95. The Bertz CT molecular complexity index is 282. The average molecular weight is 176 g/mol. The van der Waals surface area contributed by atoms with Gasteiger partial charge in [-0.3, -0.25) is 0 Å². The molecule has 0 radical (unpaired) electrons. The van der Waals surface area contributed by atoms with Gasteiger partial charge in [0.05, 0.1) is 7.11 Å². The van der Waals surface area contributed by atoms with Crippen LogP contribution in [0.3, 0.4) is 0 Å². The van der Waals surface area contributed by atoms with Gasteiger partial charge < -0.3 is 4.74 Å². The monoisotopic (exact) mass is 176 g/mol. The number of ether oxygens (including phenoxy) is 1. The molecule has 0 heterocycles. The number of methoxy groups -OCH3 is 1. The Morgan fingerprint density at radius 2 is 1.85 bits per heavy atom. The first kappa shape index (κ1) is 8.61. The summed E-state index contributed by atoms with van der Waals surface area (Å²) in [5.41, 5.74) is 2.00. The summed E-state index contributed by atoms with van der Waals surface area (Å²) in [6.45, 7) is 2.28. The largest absolute Gasteiger partial charge is 0.497 e. The molecule has 0 bridgehead atoms. The molecule has 70 valence electrons. The van der Waals surface area contributed by atoms with E-state index in [2.05, 4.69) is 31.2 Å². The molecule has 0 amide bonds. The summed E-state index contributed by atoms with van der Waals surface area (Å²) in [5.74, 6) is 0.954. The molecule has 1 aliphatic rings. The van der Waals surface area contributed by atoms with Gasteiger partial charge in [-0.15, -0.1) is 0 Å². The van der Waals surface area contributed by atoms with Gasteiger partial charge in [-0.2, -0.15) is 0 Å². The van der Waals surface area contributed by atoms with E-state index in [-0.39, 0.29) is 0 Å². The number of benzene rings is 1. The predicted molar refractivity (Wildman–Crippen MR) is 54.2 cm³/mol. The summed E-state index contributed by atoms with van der Waals surface area (Å²) < 4.78 is 5.14. The van der Waals surface area contributed by atoms with E-state index < -0.39 is 0 Å². The maximum atomic E-state index is 5.14. The van der Waals surface area contributed by atoms with Crippen LogP contribution in [0.1, 0.15) is 31.7 Å². The molecule has 1 aromatic rings. The summed E-state index contributed by atoms with van der Waals surface area (Å²) in [5, 5.41) is 0. The molecule has 0 atom stereocenters. The van der Waals surface area contributed by atoms with Crippen LogP contribution in [0.15, 0.2) is 24.3 Å². The van der Waals surface area contributed by atoms with Gasteiger partial charge in [-0.05, 0) is 42.4 Å². The zero-order valence-electron chi connectivity index (χ0n) is 8.34. The second kappa shape index (κ2) is 3.06. The van der Waals surface area contributed by atoms with Crippen molar-refractivity contribution in [3.63, 3.8) is 0 Å². The summed E-state index contributed by atoms with van der Waals surface area (Å²) in [6, 6.07) is 8.53. The van der Waals surface area contributed by atoms with Crippen molar-refractivity contribution in [2.75, 3.05) is 7.11 Å². The van der Waals surface area contributed by atoms with Crippen molar-refractivity contribution in [2.24, 2.45) is 0 Å². The lowest BCUT2D eigenvalue weighted by Gasteiger charge is -2.12. The maximum absolute atomic E-state index is 5.14. The third kappa shape index (κ3) is 1.43. The Morgan fingerprint density at radius 3 is 2.23 bits per heavy atom. The van der Waals surface area contributed by atoms with Gasteiger partial charge in [0.15, 0.2) is 0 Å². The van der Waals surface area contributed by atoms with Crippen LogP contribution in [0, 0.1) is 0 Å². The molecule has 0 N–H and O–H groups in total. The highest BCUT2D eigenvalue weighted by Gasteiger charge is 2.41. The number of hydrogen-bond acceptors (Lipinski definition) is 1. The maximum Gasteiger partial charge on any atom is 0.118 e. The van der Waals surface area contributed by atoms with Crippen molar-refractivity contribution < 1.29 is 4.74 Å². The van der Waals surface area contributed by atoms with Gasteiger partial charge in [0.2, 0.25) is 0 Å². The first-order chi connectivity index (χ1) is 6.30. The van der Waals surface area contributed by atoms with Crippen LogP contribution in [0.4, 0.5) is 0 Å². The molecule has 0 saturated heterocycles. The summed E-state index contributed by atoms with van der Waals surface area (Å²) in [4.78, 5) is 0. The van der Waals surface area contributed by atoms with Gasteiger partial charge in [0.1, 0.15) is 5.75 Å². The Labute approximate surface area is 79.7 Å². The minimum absolute atomic E-state index is 0.520. The summed E-state index contributed by atoms with van der Waals surface area (Å²) >= 11 is 0. The van der Waals surface area contributed by atoms with Crippen LogP contribution in [0.25, 0.3) is 0 Å². The Balaban J connectivity index is 2.23. The van der Waals surface area contributed by atoms with E-state index in [0.717, 1.165) is 5.75 Å². The normalized spacial score (nSPS) is 18.3. The lowest BCUT2D eigenvalue weighted by atomic mass is 9.93. The number of rotatable bonds is 3. The molecule has 1 aromatic carbocycles. The number of hydrogen-bond donors (Lipinski definition) is 0. The van der Waals surface area contributed by atoms with Crippen LogP contribution in [-0.2, 0) is 5.41 Å². The van der Waals surface area contributed by atoms with Gasteiger partial charge in [-0.1, -0.05) is 19.1 Å². The molecule has 13 heavy (non-hydrogen) atoms. The second-order valence-electron chi connectivity index (χ2n) is 3.86. The van der Waals surface area contributed by atoms with Gasteiger partial charge in [-0.25, -0.2) is 0 Å². The van der Waals surface area contributed by atoms with Crippen molar-refractivity contribution in [2.45, 2.75) is 31.6 Å². The lowest BCUT2D eigenvalue weighted by molar-refractivity contribution is 0.414. The highest BCUT2D eigenvalue weighted by molar-refractivity contribution is 5.35. The van der Waals surface area contributed by atoms with Crippen molar-refractivity contribution >= 4 is 0 Å². The fraction of sp³-hybridized carbons (Fsp3) is 0.500. The molecule has 2 rings (SSSR count). The van der Waals surface area contributed by atoms with Crippen molar-refractivity contribution in [1.82, 2.24) is 0 Å². The van der Waals surface area contributed by atoms with Crippen molar-refractivity contribution in [3.05, 3.63) is 29.8 Å². The minimum Gasteiger partial charge on any atom is -0.497 e. The molecule has 1 aliphatic carbocycles. The molecule has 1 fully saturated rings. The van der Waals surface area contributed by atoms with Gasteiger partial charge >= 0.3 is 0 Å². The predicted octanol–water partition coefficient (Wildman–Crippen LogP) is 3.14. The van der Waals surface area contributed by atoms with Crippen LogP contribution in [0.5, 0.6) is 5.75 Å². The Hall–Kier alpha value is -0.980. The average Bonchev–Trinajstić information content (AvgIpc) is 2.99. The standard InChI is InChI=1S/C12H16O/c1-3-12(8-9-12)10-4-6-11(13-2)7-5-10/h4-7H,3,8-9H2,1-2H3. The van der Waals surface area contributed by atoms with E-state index in [0.29, 0.717) is 5.41 Å². The van der Waals surface area contributed by atoms with E-state index in [4.69, 9.17) is 4.74 Å². The highest BCUT2D eigenvalue weighted by Crippen LogP contribution is 2.50. The van der Waals surface area contributed by atoms with E-state index in [1.165, 1.54) is 24.8 Å². The topological polar surface area (TPSA) is 9.23 Å². The highest BCUT2D eigenvalue weighted by atomic mass is 16.5. The third-order valence-corrected chi connectivity index (χ3v) is 3.23. The van der Waals surface area contributed by atoms with Gasteiger partial charge in [0, 0.05) is 0 Å². The second-order valence-corrected chi connectivity index (χ2v) is 3.86. The molecule has 0 spiro atoms. The smallest absolute Gasteiger partial charge is 0.118 e. The summed E-state index contributed by atoms with van der Waals surface area (Å²) in [6.07, 6.45) is 3.98. The Kier molecular flexibility index (Phi) is 2.03.